The SMILES string of the molecule is CN=C(NCCN1CCc2sccc2C1)NC1CC(C)(C)Oc2ccccc21.I. The third kappa shape index (κ3) is 5.44. The summed E-state index contributed by atoms with van der Waals surface area (Å²) in [5.74, 6) is 1.82. The van der Waals surface area contributed by atoms with Gasteiger partial charge in [0.15, 0.2) is 5.96 Å². The van der Waals surface area contributed by atoms with Crippen molar-refractivity contribution in [3.8, 4) is 5.75 Å². The lowest BCUT2D eigenvalue weighted by Gasteiger charge is -2.38. The summed E-state index contributed by atoms with van der Waals surface area (Å²) in [7, 11) is 1.84. The van der Waals surface area contributed by atoms with Gasteiger partial charge in [0.2, 0.25) is 0 Å². The minimum atomic E-state index is -0.198. The third-order valence-corrected chi connectivity index (χ3v) is 6.54. The summed E-state index contributed by atoms with van der Waals surface area (Å²) in [5.41, 5.74) is 2.50. The van der Waals surface area contributed by atoms with E-state index in [1.54, 1.807) is 4.88 Å². The molecule has 7 heteroatoms. The van der Waals surface area contributed by atoms with Gasteiger partial charge in [-0.05, 0) is 43.3 Å². The highest BCUT2D eigenvalue weighted by Crippen LogP contribution is 2.39. The predicted molar refractivity (Wildman–Crippen MR) is 132 cm³/mol. The molecule has 29 heavy (non-hydrogen) atoms. The van der Waals surface area contributed by atoms with Crippen molar-refractivity contribution in [3.63, 3.8) is 0 Å². The summed E-state index contributed by atoms with van der Waals surface area (Å²) in [4.78, 5) is 8.52. The molecule has 0 fully saturated rings. The largest absolute Gasteiger partial charge is 0.487 e. The molecule has 1 aromatic carbocycles. The maximum Gasteiger partial charge on any atom is 0.191 e. The van der Waals surface area contributed by atoms with Gasteiger partial charge in [-0.1, -0.05) is 18.2 Å². The summed E-state index contributed by atoms with van der Waals surface area (Å²) < 4.78 is 6.14. The topological polar surface area (TPSA) is 48.9 Å². The number of rotatable bonds is 4. The number of guanidine groups is 1. The van der Waals surface area contributed by atoms with Gasteiger partial charge in [-0.25, -0.2) is 0 Å². The fourth-order valence-electron chi connectivity index (χ4n) is 4.12. The van der Waals surface area contributed by atoms with E-state index in [-0.39, 0.29) is 35.6 Å². The second kappa shape index (κ2) is 9.66. The first-order chi connectivity index (χ1) is 13.5. The highest BCUT2D eigenvalue weighted by Gasteiger charge is 2.33. The molecule has 0 radical (unpaired) electrons. The van der Waals surface area contributed by atoms with Gasteiger partial charge in [-0.3, -0.25) is 9.89 Å². The van der Waals surface area contributed by atoms with Crippen molar-refractivity contribution < 1.29 is 4.74 Å². The number of ether oxygens (including phenoxy) is 1. The van der Waals surface area contributed by atoms with E-state index in [0.717, 1.165) is 44.3 Å². The van der Waals surface area contributed by atoms with Crippen molar-refractivity contribution in [3.05, 3.63) is 51.7 Å². The number of hydrogen-bond acceptors (Lipinski definition) is 4. The van der Waals surface area contributed by atoms with Crippen molar-refractivity contribution in [1.29, 1.82) is 0 Å². The number of fused-ring (bicyclic) bond motifs is 2. The maximum absolute atomic E-state index is 6.14. The molecule has 4 rings (SSSR count). The molecule has 0 saturated heterocycles. The Hall–Kier alpha value is -1.32. The summed E-state index contributed by atoms with van der Waals surface area (Å²) in [6.07, 6.45) is 2.08. The van der Waals surface area contributed by atoms with Crippen molar-refractivity contribution in [2.45, 2.75) is 44.9 Å². The molecule has 0 amide bonds. The molecule has 5 nitrogen and oxygen atoms in total. The van der Waals surface area contributed by atoms with E-state index >= 15 is 0 Å². The lowest BCUT2D eigenvalue weighted by Crippen LogP contribution is -2.47. The molecule has 0 spiro atoms. The molecule has 2 aromatic rings. The molecular weight excluding hydrogens is 495 g/mol. The maximum atomic E-state index is 6.14. The molecule has 158 valence electrons. The van der Waals surface area contributed by atoms with Crippen LogP contribution in [0.5, 0.6) is 5.75 Å². The molecule has 0 aliphatic carbocycles. The van der Waals surface area contributed by atoms with Crippen LogP contribution in [0.25, 0.3) is 0 Å². The van der Waals surface area contributed by atoms with Crippen LogP contribution < -0.4 is 15.4 Å². The molecule has 1 atom stereocenters. The Morgan fingerprint density at radius 3 is 2.97 bits per heavy atom. The third-order valence-electron chi connectivity index (χ3n) is 5.52. The van der Waals surface area contributed by atoms with Gasteiger partial charge in [-0.15, -0.1) is 35.3 Å². The predicted octanol–water partition coefficient (Wildman–Crippen LogP) is 4.19. The molecule has 3 heterocycles. The number of thiophene rings is 1. The number of halogens is 1. The van der Waals surface area contributed by atoms with Crippen molar-refractivity contribution in [2.75, 3.05) is 26.7 Å². The zero-order valence-corrected chi connectivity index (χ0v) is 20.6. The normalized spacial score (nSPS) is 20.7. The standard InChI is InChI=1S/C22H30N4OS.HI/c1-22(2)14-18(17-6-4-5-7-19(17)27-22)25-21(23-3)24-10-12-26-11-8-20-16(15-26)9-13-28-20;/h4-7,9,13,18H,8,10-12,14-15H2,1-3H3,(H2,23,24,25);1H. The first-order valence-electron chi connectivity index (χ1n) is 10.1. The number of aliphatic imine (C=N–C) groups is 1. The smallest absolute Gasteiger partial charge is 0.191 e. The quantitative estimate of drug-likeness (QED) is 0.357. The van der Waals surface area contributed by atoms with Gasteiger partial charge in [-0.2, -0.15) is 0 Å². The van der Waals surface area contributed by atoms with Crippen LogP contribution in [0.2, 0.25) is 0 Å². The Balaban J connectivity index is 0.00000240. The Morgan fingerprint density at radius 2 is 2.14 bits per heavy atom. The second-order valence-corrected chi connectivity index (χ2v) is 9.20. The molecule has 0 bridgehead atoms. The van der Waals surface area contributed by atoms with E-state index in [9.17, 15) is 0 Å². The minimum Gasteiger partial charge on any atom is -0.487 e. The van der Waals surface area contributed by atoms with Crippen molar-refractivity contribution >= 4 is 41.3 Å². The van der Waals surface area contributed by atoms with Crippen LogP contribution in [0.4, 0.5) is 0 Å². The Bertz CT molecular complexity index is 851. The van der Waals surface area contributed by atoms with Crippen molar-refractivity contribution in [1.82, 2.24) is 15.5 Å². The van der Waals surface area contributed by atoms with E-state index < -0.39 is 0 Å². The molecule has 2 aliphatic heterocycles. The van der Waals surface area contributed by atoms with Crippen LogP contribution in [-0.2, 0) is 13.0 Å². The Kier molecular flexibility index (Phi) is 7.45. The summed E-state index contributed by atoms with van der Waals surface area (Å²) in [6, 6.07) is 10.7. The van der Waals surface area contributed by atoms with E-state index in [1.807, 2.05) is 24.5 Å². The highest BCUT2D eigenvalue weighted by molar-refractivity contribution is 14.0. The molecule has 0 saturated carbocycles. The van der Waals surface area contributed by atoms with Crippen LogP contribution in [-0.4, -0.2) is 43.1 Å². The molecule has 2 N–H and O–H groups in total. The summed E-state index contributed by atoms with van der Waals surface area (Å²) in [5, 5.41) is 9.32. The van der Waals surface area contributed by atoms with E-state index in [1.165, 1.54) is 17.5 Å². The number of para-hydroxylation sites is 1. The zero-order chi connectivity index (χ0) is 19.6. The van der Waals surface area contributed by atoms with Crippen LogP contribution >= 0.6 is 35.3 Å². The monoisotopic (exact) mass is 526 g/mol. The zero-order valence-electron chi connectivity index (χ0n) is 17.4. The highest BCUT2D eigenvalue weighted by atomic mass is 127. The van der Waals surface area contributed by atoms with Crippen molar-refractivity contribution in [2.24, 2.45) is 4.99 Å². The van der Waals surface area contributed by atoms with Gasteiger partial charge < -0.3 is 15.4 Å². The Labute approximate surface area is 195 Å². The van der Waals surface area contributed by atoms with Gasteiger partial charge >= 0.3 is 0 Å². The van der Waals surface area contributed by atoms with E-state index in [2.05, 4.69) is 64.0 Å². The van der Waals surface area contributed by atoms with E-state index in [4.69, 9.17) is 4.74 Å². The average molecular weight is 526 g/mol. The number of nitrogens with zero attached hydrogens (tertiary/aromatic N) is 2. The minimum absolute atomic E-state index is 0. The Morgan fingerprint density at radius 1 is 1.31 bits per heavy atom. The van der Waals surface area contributed by atoms with Crippen LogP contribution in [0, 0.1) is 0 Å². The molecular formula is C22H31IN4OS. The summed E-state index contributed by atoms with van der Waals surface area (Å²) >= 11 is 1.89. The number of benzene rings is 1. The first kappa shape index (κ1) is 22.4. The molecule has 2 aliphatic rings. The molecule has 1 aromatic heterocycles. The lowest BCUT2D eigenvalue weighted by molar-refractivity contribution is 0.0694. The lowest BCUT2D eigenvalue weighted by atomic mass is 9.90. The average Bonchev–Trinajstić information content (AvgIpc) is 3.14. The van der Waals surface area contributed by atoms with E-state index in [0.29, 0.717) is 0 Å². The van der Waals surface area contributed by atoms with Gasteiger partial charge in [0.1, 0.15) is 11.4 Å². The fraction of sp³-hybridized carbons (Fsp3) is 0.500. The van der Waals surface area contributed by atoms with Gasteiger partial charge in [0.05, 0.1) is 6.04 Å². The second-order valence-electron chi connectivity index (χ2n) is 8.19. The van der Waals surface area contributed by atoms with Crippen LogP contribution in [0.3, 0.4) is 0 Å². The van der Waals surface area contributed by atoms with Crippen LogP contribution in [0.15, 0.2) is 40.7 Å². The molecule has 1 unspecified atom stereocenters. The van der Waals surface area contributed by atoms with Crippen LogP contribution in [0.1, 0.15) is 42.3 Å². The number of nitrogens with one attached hydrogen (secondary N) is 2. The van der Waals surface area contributed by atoms with Gasteiger partial charge in [0.25, 0.3) is 0 Å². The fourth-order valence-corrected chi connectivity index (χ4v) is 5.01. The van der Waals surface area contributed by atoms with Gasteiger partial charge in [0, 0.05) is 50.1 Å². The number of hydrogen-bond donors (Lipinski definition) is 2. The first-order valence-corrected chi connectivity index (χ1v) is 10.9. The summed E-state index contributed by atoms with van der Waals surface area (Å²) in [6.45, 7) is 8.39.